The second kappa shape index (κ2) is 5.01. The maximum absolute atomic E-state index is 6.36. The summed E-state index contributed by atoms with van der Waals surface area (Å²) in [5.74, 6) is 0. The average Bonchev–Trinajstić information content (AvgIpc) is 2.62. The van der Waals surface area contributed by atoms with Crippen LogP contribution in [0, 0.1) is 3.57 Å². The maximum atomic E-state index is 6.36. The van der Waals surface area contributed by atoms with E-state index in [1.54, 1.807) is 0 Å². The highest BCUT2D eigenvalue weighted by atomic mass is 127. The van der Waals surface area contributed by atoms with Gasteiger partial charge in [-0.3, -0.25) is 0 Å². The summed E-state index contributed by atoms with van der Waals surface area (Å²) in [6, 6.07) is 6.59. The number of rotatable bonds is 2. The molecule has 1 aromatic carbocycles. The van der Waals surface area contributed by atoms with Crippen LogP contribution in [0.5, 0.6) is 0 Å². The normalized spacial score (nSPS) is 19.8. The first kappa shape index (κ1) is 13.6. The van der Waals surface area contributed by atoms with Gasteiger partial charge >= 0.3 is 0 Å². The predicted molar refractivity (Wildman–Crippen MR) is 82.6 cm³/mol. The van der Waals surface area contributed by atoms with E-state index in [4.69, 9.17) is 4.43 Å². The molecule has 1 radical (unpaired) electrons. The maximum Gasteiger partial charge on any atom is 0.214 e. The van der Waals surface area contributed by atoms with Crippen molar-refractivity contribution in [1.82, 2.24) is 0 Å². The standard InChI is InChI=1S/C14H20IOSi/c1-14(2,3)17(4)16-13-9-8-10-11(13)6-5-7-12(10)15/h5-7,13H,8-9H2,1-4H3/t13-/m0/s1. The van der Waals surface area contributed by atoms with Crippen LogP contribution in [0.15, 0.2) is 18.2 Å². The van der Waals surface area contributed by atoms with E-state index >= 15 is 0 Å². The second-order valence-electron chi connectivity index (χ2n) is 5.76. The smallest absolute Gasteiger partial charge is 0.214 e. The lowest BCUT2D eigenvalue weighted by Gasteiger charge is -2.28. The quantitative estimate of drug-likeness (QED) is 0.549. The van der Waals surface area contributed by atoms with E-state index < -0.39 is 9.04 Å². The van der Waals surface area contributed by atoms with Crippen LogP contribution < -0.4 is 0 Å². The third-order valence-electron chi connectivity index (χ3n) is 3.53. The molecule has 0 aliphatic heterocycles. The van der Waals surface area contributed by atoms with Crippen molar-refractivity contribution < 1.29 is 4.43 Å². The molecule has 0 saturated carbocycles. The first-order valence-electron chi connectivity index (χ1n) is 6.17. The summed E-state index contributed by atoms with van der Waals surface area (Å²) in [5.41, 5.74) is 2.95. The molecule has 17 heavy (non-hydrogen) atoms. The molecule has 1 aliphatic rings. The third-order valence-corrected chi connectivity index (χ3v) is 7.29. The Kier molecular flexibility index (Phi) is 4.00. The van der Waals surface area contributed by atoms with Gasteiger partial charge in [0.25, 0.3) is 0 Å². The summed E-state index contributed by atoms with van der Waals surface area (Å²) < 4.78 is 7.75. The van der Waals surface area contributed by atoms with Crippen molar-refractivity contribution in [3.63, 3.8) is 0 Å². The molecular formula is C14H20IOSi. The van der Waals surface area contributed by atoms with Crippen LogP contribution in [-0.2, 0) is 10.8 Å². The average molecular weight is 359 g/mol. The van der Waals surface area contributed by atoms with Gasteiger partial charge in [0.1, 0.15) is 0 Å². The minimum absolute atomic E-state index is 0.315. The van der Waals surface area contributed by atoms with Gasteiger partial charge in [-0.2, -0.15) is 0 Å². The number of benzene rings is 1. The minimum Gasteiger partial charge on any atom is -0.409 e. The van der Waals surface area contributed by atoms with Gasteiger partial charge < -0.3 is 4.43 Å². The van der Waals surface area contributed by atoms with Crippen molar-refractivity contribution in [2.45, 2.75) is 51.3 Å². The topological polar surface area (TPSA) is 9.23 Å². The molecule has 0 fully saturated rings. The highest BCUT2D eigenvalue weighted by molar-refractivity contribution is 14.1. The van der Waals surface area contributed by atoms with Crippen molar-refractivity contribution in [2.75, 3.05) is 0 Å². The summed E-state index contributed by atoms with van der Waals surface area (Å²) in [4.78, 5) is 0. The van der Waals surface area contributed by atoms with Crippen molar-refractivity contribution in [1.29, 1.82) is 0 Å². The predicted octanol–water partition coefficient (Wildman–Crippen LogP) is 4.72. The monoisotopic (exact) mass is 359 g/mol. The van der Waals surface area contributed by atoms with E-state index in [9.17, 15) is 0 Å². The molecule has 0 aromatic heterocycles. The van der Waals surface area contributed by atoms with Crippen LogP contribution in [0.1, 0.15) is 44.4 Å². The molecule has 0 unspecified atom stereocenters. The van der Waals surface area contributed by atoms with Gasteiger partial charge in [0.05, 0.1) is 6.10 Å². The van der Waals surface area contributed by atoms with Crippen LogP contribution in [0.4, 0.5) is 0 Å². The molecule has 93 valence electrons. The number of hydrogen-bond acceptors (Lipinski definition) is 1. The Morgan fingerprint density at radius 2 is 2.06 bits per heavy atom. The van der Waals surface area contributed by atoms with Crippen LogP contribution in [0.25, 0.3) is 0 Å². The molecule has 1 aromatic rings. The Hall–Kier alpha value is 0.127. The first-order valence-corrected chi connectivity index (χ1v) is 9.16. The van der Waals surface area contributed by atoms with E-state index in [0.717, 1.165) is 6.42 Å². The Morgan fingerprint density at radius 1 is 1.35 bits per heavy atom. The molecule has 0 heterocycles. The van der Waals surface area contributed by atoms with Gasteiger partial charge in [-0.1, -0.05) is 32.9 Å². The number of halogens is 1. The van der Waals surface area contributed by atoms with E-state index in [-0.39, 0.29) is 0 Å². The molecule has 1 atom stereocenters. The van der Waals surface area contributed by atoms with Gasteiger partial charge in [0, 0.05) is 3.57 Å². The fourth-order valence-corrected chi connectivity index (χ4v) is 3.90. The lowest BCUT2D eigenvalue weighted by Crippen LogP contribution is -2.27. The summed E-state index contributed by atoms with van der Waals surface area (Å²) in [7, 11) is -0.745. The summed E-state index contributed by atoms with van der Waals surface area (Å²) in [6.45, 7) is 9.14. The zero-order chi connectivity index (χ0) is 12.6. The van der Waals surface area contributed by atoms with Crippen LogP contribution in [0.3, 0.4) is 0 Å². The lowest BCUT2D eigenvalue weighted by atomic mass is 10.1. The van der Waals surface area contributed by atoms with Gasteiger partial charge in [-0.05, 0) is 64.2 Å². The van der Waals surface area contributed by atoms with Crippen molar-refractivity contribution in [3.05, 3.63) is 32.9 Å². The molecule has 0 bridgehead atoms. The Morgan fingerprint density at radius 3 is 2.71 bits per heavy atom. The molecule has 1 nitrogen and oxygen atoms in total. The van der Waals surface area contributed by atoms with Crippen molar-refractivity contribution >= 4 is 31.6 Å². The highest BCUT2D eigenvalue weighted by Gasteiger charge is 2.31. The van der Waals surface area contributed by atoms with E-state index in [0.29, 0.717) is 11.1 Å². The van der Waals surface area contributed by atoms with E-state index in [1.165, 1.54) is 21.1 Å². The minimum atomic E-state index is -0.745. The molecule has 0 saturated heterocycles. The van der Waals surface area contributed by atoms with Gasteiger partial charge in [0.15, 0.2) is 0 Å². The first-order chi connectivity index (χ1) is 7.89. The van der Waals surface area contributed by atoms with E-state index in [2.05, 4.69) is 68.1 Å². The van der Waals surface area contributed by atoms with Gasteiger partial charge in [-0.15, -0.1) is 0 Å². The molecule has 3 heteroatoms. The fraction of sp³-hybridized carbons (Fsp3) is 0.571. The molecule has 1 aliphatic carbocycles. The summed E-state index contributed by atoms with van der Waals surface area (Å²) in [5, 5.41) is 0.315. The summed E-state index contributed by atoms with van der Waals surface area (Å²) in [6.07, 6.45) is 2.68. The number of fused-ring (bicyclic) bond motifs is 1. The van der Waals surface area contributed by atoms with Crippen LogP contribution in [-0.4, -0.2) is 9.04 Å². The number of hydrogen-bond donors (Lipinski definition) is 0. The van der Waals surface area contributed by atoms with Crippen molar-refractivity contribution in [2.24, 2.45) is 0 Å². The molecule has 0 amide bonds. The zero-order valence-corrected chi connectivity index (χ0v) is 14.2. The van der Waals surface area contributed by atoms with Crippen LogP contribution in [0.2, 0.25) is 11.6 Å². The van der Waals surface area contributed by atoms with Crippen LogP contribution >= 0.6 is 22.6 Å². The Balaban J connectivity index is 2.15. The largest absolute Gasteiger partial charge is 0.409 e. The fourth-order valence-electron chi connectivity index (χ4n) is 2.08. The van der Waals surface area contributed by atoms with Gasteiger partial charge in [0.2, 0.25) is 9.04 Å². The second-order valence-corrected chi connectivity index (χ2v) is 9.77. The Bertz CT molecular complexity index is 411. The molecule has 0 spiro atoms. The molecule has 2 rings (SSSR count). The Labute approximate surface area is 120 Å². The molecule has 0 N–H and O–H groups in total. The van der Waals surface area contributed by atoms with Gasteiger partial charge in [-0.25, -0.2) is 0 Å². The summed E-state index contributed by atoms with van der Waals surface area (Å²) >= 11 is 2.44. The highest BCUT2D eigenvalue weighted by Crippen LogP contribution is 2.39. The SMILES string of the molecule is C[Si](O[C@H]1CCc2c(I)cccc21)C(C)(C)C. The lowest BCUT2D eigenvalue weighted by molar-refractivity contribution is 0.198. The molecular weight excluding hydrogens is 339 g/mol. The zero-order valence-electron chi connectivity index (χ0n) is 11.0. The van der Waals surface area contributed by atoms with Crippen molar-refractivity contribution in [3.8, 4) is 0 Å². The van der Waals surface area contributed by atoms with E-state index in [1.807, 2.05) is 0 Å². The third kappa shape index (κ3) is 2.93.